The van der Waals surface area contributed by atoms with E-state index in [1.807, 2.05) is 0 Å². The molecule has 1 fully saturated rings. The molecule has 0 heterocycles. The van der Waals surface area contributed by atoms with Crippen molar-refractivity contribution in [1.29, 1.82) is 0 Å². The Bertz CT molecular complexity index is 639. The first-order valence-corrected chi connectivity index (χ1v) is 7.75. The molecule has 0 radical (unpaired) electrons. The van der Waals surface area contributed by atoms with Crippen LogP contribution >= 0.6 is 0 Å². The van der Waals surface area contributed by atoms with Crippen LogP contribution in [0.3, 0.4) is 0 Å². The molecule has 3 unspecified atom stereocenters. The Morgan fingerprint density at radius 1 is 1.32 bits per heavy atom. The van der Waals surface area contributed by atoms with Crippen molar-refractivity contribution in [3.8, 4) is 11.5 Å². The first kappa shape index (κ1) is 18.9. The van der Waals surface area contributed by atoms with Crippen molar-refractivity contribution in [2.45, 2.75) is 50.9 Å². The van der Waals surface area contributed by atoms with Gasteiger partial charge in [0.15, 0.2) is 11.5 Å². The average molecular weight is 359 g/mol. The van der Waals surface area contributed by atoms with Crippen LogP contribution < -0.4 is 9.47 Å². The quantitative estimate of drug-likeness (QED) is 0.440. The molecule has 0 amide bonds. The van der Waals surface area contributed by atoms with Crippen molar-refractivity contribution < 1.29 is 32.7 Å². The number of carbonyl (C=O) groups is 1. The van der Waals surface area contributed by atoms with E-state index in [-0.39, 0.29) is 29.3 Å². The van der Waals surface area contributed by atoms with Gasteiger partial charge >= 0.3 is 12.6 Å². The van der Waals surface area contributed by atoms with Crippen LogP contribution in [0, 0.1) is 10.1 Å². The second-order valence-electron chi connectivity index (χ2n) is 5.79. The summed E-state index contributed by atoms with van der Waals surface area (Å²) >= 11 is 0. The molecule has 1 saturated carbocycles. The number of halogens is 2. The first-order valence-electron chi connectivity index (χ1n) is 7.75. The second kappa shape index (κ2) is 8.09. The first-order chi connectivity index (χ1) is 11.8. The van der Waals surface area contributed by atoms with Crippen molar-refractivity contribution in [2.75, 3.05) is 7.11 Å². The lowest BCUT2D eigenvalue weighted by Crippen LogP contribution is -2.37. The zero-order valence-electron chi connectivity index (χ0n) is 13.8. The molecule has 0 aliphatic heterocycles. The normalized spacial score (nSPS) is 23.2. The molecule has 1 aliphatic rings. The van der Waals surface area contributed by atoms with E-state index in [0.29, 0.717) is 12.0 Å². The lowest BCUT2D eigenvalue weighted by atomic mass is 9.78. The highest BCUT2D eigenvalue weighted by molar-refractivity contribution is 5.66. The molecule has 9 heteroatoms. The lowest BCUT2D eigenvalue weighted by molar-refractivity contribution is -0.531. The molecule has 0 N–H and O–H groups in total. The van der Waals surface area contributed by atoms with Gasteiger partial charge in [0.25, 0.3) is 0 Å². The van der Waals surface area contributed by atoms with Gasteiger partial charge in [-0.05, 0) is 30.5 Å². The maximum atomic E-state index is 12.4. The number of alkyl halides is 2. The van der Waals surface area contributed by atoms with Gasteiger partial charge in [0.2, 0.25) is 6.04 Å². The van der Waals surface area contributed by atoms with Crippen LogP contribution in [0.25, 0.3) is 0 Å². The van der Waals surface area contributed by atoms with Gasteiger partial charge in [0.1, 0.15) is 6.10 Å². The molecule has 7 nitrogen and oxygen atoms in total. The van der Waals surface area contributed by atoms with Crippen LogP contribution in [0.2, 0.25) is 0 Å². The molecular formula is C16H19F2NO6. The molecule has 138 valence electrons. The Morgan fingerprint density at radius 3 is 2.60 bits per heavy atom. The summed E-state index contributed by atoms with van der Waals surface area (Å²) < 4.78 is 39.4. The number of benzene rings is 1. The monoisotopic (exact) mass is 359 g/mol. The van der Waals surface area contributed by atoms with Gasteiger partial charge in [-0.3, -0.25) is 14.9 Å². The Morgan fingerprint density at radius 2 is 2.04 bits per heavy atom. The number of esters is 1. The van der Waals surface area contributed by atoms with Crippen molar-refractivity contribution in [1.82, 2.24) is 0 Å². The number of hydrogen-bond donors (Lipinski definition) is 0. The number of hydrogen-bond acceptors (Lipinski definition) is 6. The Kier molecular flexibility index (Phi) is 6.11. The summed E-state index contributed by atoms with van der Waals surface area (Å²) in [6, 6.07) is 3.40. The minimum Gasteiger partial charge on any atom is -0.493 e. The lowest BCUT2D eigenvalue weighted by Gasteiger charge is -2.31. The molecule has 3 atom stereocenters. The van der Waals surface area contributed by atoms with Crippen LogP contribution in [0.15, 0.2) is 18.2 Å². The highest BCUT2D eigenvalue weighted by Crippen LogP contribution is 2.39. The number of methoxy groups -OCH3 is 1. The van der Waals surface area contributed by atoms with Crippen LogP contribution in [-0.4, -0.2) is 36.8 Å². The summed E-state index contributed by atoms with van der Waals surface area (Å²) in [5.74, 6) is -1.05. The topological polar surface area (TPSA) is 87.9 Å². The number of carbonyl (C=O) groups excluding carboxylic acids is 1. The van der Waals surface area contributed by atoms with E-state index in [1.165, 1.54) is 32.2 Å². The number of nitrogens with zero attached hydrogens (tertiary/aromatic N) is 1. The van der Waals surface area contributed by atoms with E-state index in [0.717, 1.165) is 0 Å². The molecule has 1 aliphatic carbocycles. The fourth-order valence-electron chi connectivity index (χ4n) is 3.18. The van der Waals surface area contributed by atoms with Gasteiger partial charge in [-0.15, -0.1) is 0 Å². The van der Waals surface area contributed by atoms with E-state index in [2.05, 4.69) is 4.74 Å². The van der Waals surface area contributed by atoms with Gasteiger partial charge in [-0.1, -0.05) is 6.07 Å². The minimum atomic E-state index is -3.01. The van der Waals surface area contributed by atoms with Crippen LogP contribution in [0.5, 0.6) is 11.5 Å². The molecule has 1 aromatic rings. The summed E-state index contributed by atoms with van der Waals surface area (Å²) in [5, 5.41) is 11.4. The predicted octanol–water partition coefficient (Wildman–Crippen LogP) is 3.14. The summed E-state index contributed by atoms with van der Waals surface area (Å²) in [4.78, 5) is 22.2. The fourth-order valence-corrected chi connectivity index (χ4v) is 3.18. The largest absolute Gasteiger partial charge is 0.493 e. The Hall–Kier alpha value is -2.45. The van der Waals surface area contributed by atoms with Crippen LogP contribution in [0.1, 0.15) is 37.7 Å². The van der Waals surface area contributed by atoms with Crippen LogP contribution in [-0.2, 0) is 9.53 Å². The number of rotatable bonds is 6. The van der Waals surface area contributed by atoms with Gasteiger partial charge < -0.3 is 14.2 Å². The van der Waals surface area contributed by atoms with E-state index in [9.17, 15) is 23.7 Å². The third-order valence-electron chi connectivity index (χ3n) is 4.20. The van der Waals surface area contributed by atoms with E-state index in [1.54, 1.807) is 0 Å². The highest BCUT2D eigenvalue weighted by Gasteiger charge is 2.40. The zero-order valence-corrected chi connectivity index (χ0v) is 13.8. The smallest absolute Gasteiger partial charge is 0.387 e. The van der Waals surface area contributed by atoms with Gasteiger partial charge in [0, 0.05) is 18.3 Å². The highest BCUT2D eigenvalue weighted by atomic mass is 19.3. The third kappa shape index (κ3) is 4.77. The maximum Gasteiger partial charge on any atom is 0.387 e. The Balaban J connectivity index is 2.30. The van der Waals surface area contributed by atoms with Crippen LogP contribution in [0.4, 0.5) is 8.78 Å². The molecule has 0 bridgehead atoms. The molecule has 0 aromatic heterocycles. The molecular weight excluding hydrogens is 340 g/mol. The molecule has 0 spiro atoms. The van der Waals surface area contributed by atoms with E-state index >= 15 is 0 Å². The summed E-state index contributed by atoms with van der Waals surface area (Å²) in [6.07, 6.45) is 0.531. The van der Waals surface area contributed by atoms with Crippen molar-refractivity contribution in [2.24, 2.45) is 0 Å². The minimum absolute atomic E-state index is 0.0644. The zero-order chi connectivity index (χ0) is 18.6. The summed E-state index contributed by atoms with van der Waals surface area (Å²) in [5.41, 5.74) is 0.553. The molecule has 25 heavy (non-hydrogen) atoms. The van der Waals surface area contributed by atoms with Gasteiger partial charge in [-0.25, -0.2) is 0 Å². The predicted molar refractivity (Wildman–Crippen MR) is 82.6 cm³/mol. The Labute approximate surface area is 143 Å². The molecule has 2 rings (SSSR count). The van der Waals surface area contributed by atoms with Crippen molar-refractivity contribution >= 4 is 5.97 Å². The van der Waals surface area contributed by atoms with Crippen molar-refractivity contribution in [3.05, 3.63) is 33.9 Å². The standard InChI is InChI=1S/C16H19F2NO6/c1-9(20)24-11-4-5-13(19(21)22)12(8-11)10-3-6-14(25-16(17)18)15(7-10)23-2/h3,6-7,11-13,16H,4-5,8H2,1-2H3. The third-order valence-corrected chi connectivity index (χ3v) is 4.20. The fraction of sp³-hybridized carbons (Fsp3) is 0.562. The summed E-state index contributed by atoms with van der Waals surface area (Å²) in [6.45, 7) is -1.72. The van der Waals surface area contributed by atoms with Crippen molar-refractivity contribution in [3.63, 3.8) is 0 Å². The van der Waals surface area contributed by atoms with Gasteiger partial charge in [-0.2, -0.15) is 8.78 Å². The average Bonchev–Trinajstić information content (AvgIpc) is 2.53. The SMILES string of the molecule is COc1cc(C2CC(OC(C)=O)CCC2[N+](=O)[O-])ccc1OC(F)F. The number of ether oxygens (including phenoxy) is 3. The van der Waals surface area contributed by atoms with E-state index in [4.69, 9.17) is 9.47 Å². The van der Waals surface area contributed by atoms with Gasteiger partial charge in [0.05, 0.1) is 13.0 Å². The maximum absolute atomic E-state index is 12.4. The van der Waals surface area contributed by atoms with E-state index < -0.39 is 30.6 Å². The second-order valence-corrected chi connectivity index (χ2v) is 5.79. The molecule has 0 saturated heterocycles. The number of nitro groups is 1. The molecule has 1 aromatic carbocycles. The summed E-state index contributed by atoms with van der Waals surface area (Å²) in [7, 11) is 1.30.